The molecule has 1 aliphatic heterocycles. The average molecular weight is 352 g/mol. The zero-order chi connectivity index (χ0) is 18.5. The zero-order valence-corrected chi connectivity index (χ0v) is 14.0. The van der Waals surface area contributed by atoms with Gasteiger partial charge in [-0.15, -0.1) is 0 Å². The fourth-order valence-corrected chi connectivity index (χ4v) is 2.48. The molecule has 0 saturated heterocycles. The van der Waals surface area contributed by atoms with E-state index in [0.29, 0.717) is 17.1 Å². The molecule has 0 aliphatic carbocycles. The number of carbonyl (C=O) groups is 2. The molecule has 1 N–H and O–H groups in total. The van der Waals surface area contributed by atoms with Gasteiger partial charge in [0.2, 0.25) is 6.79 Å². The molecule has 2 aromatic rings. The summed E-state index contributed by atoms with van der Waals surface area (Å²) in [7, 11) is 0. The Morgan fingerprint density at radius 1 is 1.23 bits per heavy atom. The summed E-state index contributed by atoms with van der Waals surface area (Å²) in [6.45, 7) is 1.58. The molecular formula is C19H16N2O5. The predicted molar refractivity (Wildman–Crippen MR) is 90.6 cm³/mol. The highest BCUT2D eigenvalue weighted by Gasteiger charge is 2.17. The molecule has 1 amide bonds. The first-order chi connectivity index (χ1) is 12.6. The average Bonchev–Trinajstić information content (AvgIpc) is 3.13. The van der Waals surface area contributed by atoms with Gasteiger partial charge in [0.15, 0.2) is 18.1 Å². The van der Waals surface area contributed by atoms with Gasteiger partial charge in [-0.1, -0.05) is 12.1 Å². The van der Waals surface area contributed by atoms with Crippen LogP contribution in [0.25, 0.3) is 0 Å². The first-order valence-corrected chi connectivity index (χ1v) is 7.93. The first-order valence-electron chi connectivity index (χ1n) is 7.93. The minimum absolute atomic E-state index is 0.183. The summed E-state index contributed by atoms with van der Waals surface area (Å²) >= 11 is 0. The standard InChI is InChI=1S/C19H16N2O5/c1-12(14-5-6-16-17(8-14)26-11-25-16)21-18(22)10-24-19(23)15-4-2-3-13(7-15)9-20/h2-8,12H,10-11H2,1H3,(H,21,22)/t12-/m0/s1. The van der Waals surface area contributed by atoms with Gasteiger partial charge in [0.05, 0.1) is 23.2 Å². The van der Waals surface area contributed by atoms with Crippen LogP contribution in [0.2, 0.25) is 0 Å². The fourth-order valence-electron chi connectivity index (χ4n) is 2.48. The van der Waals surface area contributed by atoms with E-state index in [1.165, 1.54) is 12.1 Å². The zero-order valence-electron chi connectivity index (χ0n) is 14.0. The Morgan fingerprint density at radius 2 is 2.04 bits per heavy atom. The molecule has 0 spiro atoms. The number of amides is 1. The number of hydrogen-bond donors (Lipinski definition) is 1. The van der Waals surface area contributed by atoms with Gasteiger partial charge >= 0.3 is 5.97 Å². The molecule has 132 valence electrons. The van der Waals surface area contributed by atoms with Crippen LogP contribution in [-0.4, -0.2) is 25.3 Å². The van der Waals surface area contributed by atoms with Gasteiger partial charge in [-0.05, 0) is 42.8 Å². The fraction of sp³-hybridized carbons (Fsp3) is 0.211. The second-order valence-corrected chi connectivity index (χ2v) is 5.67. The van der Waals surface area contributed by atoms with Gasteiger partial charge in [-0.2, -0.15) is 5.26 Å². The molecule has 1 aliphatic rings. The molecule has 7 heteroatoms. The third kappa shape index (κ3) is 3.92. The topological polar surface area (TPSA) is 97.7 Å². The van der Waals surface area contributed by atoms with E-state index in [4.69, 9.17) is 19.5 Å². The third-order valence-corrected chi connectivity index (χ3v) is 3.84. The van der Waals surface area contributed by atoms with Crippen LogP contribution in [0.15, 0.2) is 42.5 Å². The van der Waals surface area contributed by atoms with E-state index >= 15 is 0 Å². The third-order valence-electron chi connectivity index (χ3n) is 3.84. The van der Waals surface area contributed by atoms with Crippen LogP contribution in [0.5, 0.6) is 11.5 Å². The molecule has 2 aromatic carbocycles. The van der Waals surface area contributed by atoms with Crippen LogP contribution in [0, 0.1) is 11.3 Å². The van der Waals surface area contributed by atoms with Crippen molar-refractivity contribution in [2.24, 2.45) is 0 Å². The van der Waals surface area contributed by atoms with Crippen molar-refractivity contribution < 1.29 is 23.8 Å². The lowest BCUT2D eigenvalue weighted by molar-refractivity contribution is -0.124. The highest BCUT2D eigenvalue weighted by Crippen LogP contribution is 2.34. The van der Waals surface area contributed by atoms with E-state index in [1.54, 1.807) is 24.3 Å². The molecule has 7 nitrogen and oxygen atoms in total. The Balaban J connectivity index is 1.53. The molecule has 0 fully saturated rings. The van der Waals surface area contributed by atoms with E-state index in [1.807, 2.05) is 19.1 Å². The number of nitrogens with zero attached hydrogens (tertiary/aromatic N) is 1. The Labute approximate surface area is 150 Å². The van der Waals surface area contributed by atoms with Crippen molar-refractivity contribution in [1.82, 2.24) is 5.32 Å². The van der Waals surface area contributed by atoms with E-state index in [2.05, 4.69) is 5.32 Å². The van der Waals surface area contributed by atoms with E-state index in [0.717, 1.165) is 5.56 Å². The van der Waals surface area contributed by atoms with Crippen LogP contribution < -0.4 is 14.8 Å². The maximum atomic E-state index is 12.0. The molecule has 0 aromatic heterocycles. The smallest absolute Gasteiger partial charge is 0.338 e. The molecule has 0 radical (unpaired) electrons. The second kappa shape index (κ2) is 7.57. The van der Waals surface area contributed by atoms with Crippen molar-refractivity contribution in [3.05, 3.63) is 59.2 Å². The van der Waals surface area contributed by atoms with Gasteiger partial charge in [-0.3, -0.25) is 4.79 Å². The first kappa shape index (κ1) is 17.3. The van der Waals surface area contributed by atoms with E-state index in [-0.39, 0.29) is 18.4 Å². The molecule has 0 bridgehead atoms. The quantitative estimate of drug-likeness (QED) is 0.830. The molecular weight excluding hydrogens is 336 g/mol. The van der Waals surface area contributed by atoms with Crippen molar-refractivity contribution in [1.29, 1.82) is 5.26 Å². The summed E-state index contributed by atoms with van der Waals surface area (Å²) in [6.07, 6.45) is 0. The van der Waals surface area contributed by atoms with Crippen molar-refractivity contribution in [3.8, 4) is 17.6 Å². The Bertz CT molecular complexity index is 888. The highest BCUT2D eigenvalue weighted by molar-refractivity contribution is 5.91. The maximum Gasteiger partial charge on any atom is 0.338 e. The summed E-state index contributed by atoms with van der Waals surface area (Å²) in [6, 6.07) is 13.2. The second-order valence-electron chi connectivity index (χ2n) is 5.67. The number of rotatable bonds is 5. The normalized spacial score (nSPS) is 12.8. The summed E-state index contributed by atoms with van der Waals surface area (Å²) < 4.78 is 15.6. The predicted octanol–water partition coefficient (Wildman–Crippen LogP) is 2.32. The Kier molecular flexibility index (Phi) is 5.04. The van der Waals surface area contributed by atoms with E-state index < -0.39 is 18.5 Å². The van der Waals surface area contributed by atoms with Crippen molar-refractivity contribution in [3.63, 3.8) is 0 Å². The van der Waals surface area contributed by atoms with Gasteiger partial charge in [-0.25, -0.2) is 4.79 Å². The number of fused-ring (bicyclic) bond motifs is 1. The van der Waals surface area contributed by atoms with Crippen LogP contribution in [0.4, 0.5) is 0 Å². The van der Waals surface area contributed by atoms with Crippen molar-refractivity contribution >= 4 is 11.9 Å². The summed E-state index contributed by atoms with van der Waals surface area (Å²) in [5.41, 5.74) is 1.41. The minimum atomic E-state index is -0.659. The lowest BCUT2D eigenvalue weighted by Gasteiger charge is -2.15. The minimum Gasteiger partial charge on any atom is -0.454 e. The largest absolute Gasteiger partial charge is 0.454 e. The SMILES string of the molecule is C[C@H](NC(=O)COC(=O)c1cccc(C#N)c1)c1ccc2c(c1)OCO2. The number of esters is 1. The molecule has 0 unspecified atom stereocenters. The summed E-state index contributed by atoms with van der Waals surface area (Å²) in [5, 5.41) is 11.6. The Hall–Kier alpha value is -3.53. The van der Waals surface area contributed by atoms with E-state index in [9.17, 15) is 9.59 Å². The van der Waals surface area contributed by atoms with Gasteiger partial charge in [0.1, 0.15) is 0 Å². The molecule has 26 heavy (non-hydrogen) atoms. The van der Waals surface area contributed by atoms with Crippen LogP contribution in [0.3, 0.4) is 0 Å². The lowest BCUT2D eigenvalue weighted by Crippen LogP contribution is -2.31. The summed E-state index contributed by atoms with van der Waals surface area (Å²) in [5.74, 6) is 0.209. The number of carbonyl (C=O) groups excluding carboxylic acids is 2. The van der Waals surface area contributed by atoms with Crippen LogP contribution in [0.1, 0.15) is 34.5 Å². The van der Waals surface area contributed by atoms with Crippen molar-refractivity contribution in [2.75, 3.05) is 13.4 Å². The van der Waals surface area contributed by atoms with Crippen LogP contribution in [-0.2, 0) is 9.53 Å². The van der Waals surface area contributed by atoms with Gasteiger partial charge in [0, 0.05) is 0 Å². The number of nitrogens with one attached hydrogen (secondary N) is 1. The molecule has 3 rings (SSSR count). The van der Waals surface area contributed by atoms with Gasteiger partial charge < -0.3 is 19.5 Å². The maximum absolute atomic E-state index is 12.0. The number of nitriles is 1. The summed E-state index contributed by atoms with van der Waals surface area (Å²) in [4.78, 5) is 24.0. The van der Waals surface area contributed by atoms with Crippen molar-refractivity contribution in [2.45, 2.75) is 13.0 Å². The molecule has 1 heterocycles. The number of hydrogen-bond acceptors (Lipinski definition) is 6. The monoisotopic (exact) mass is 352 g/mol. The number of ether oxygens (including phenoxy) is 3. The number of benzene rings is 2. The van der Waals surface area contributed by atoms with Crippen LogP contribution >= 0.6 is 0 Å². The lowest BCUT2D eigenvalue weighted by atomic mass is 10.1. The molecule has 1 atom stereocenters. The highest BCUT2D eigenvalue weighted by atomic mass is 16.7. The van der Waals surface area contributed by atoms with Gasteiger partial charge in [0.25, 0.3) is 5.91 Å². The Morgan fingerprint density at radius 3 is 2.85 bits per heavy atom. The molecule has 0 saturated carbocycles.